The van der Waals surface area contributed by atoms with Crippen molar-refractivity contribution in [2.24, 2.45) is 11.0 Å². The molecule has 0 radical (unpaired) electrons. The van der Waals surface area contributed by atoms with E-state index in [1.807, 2.05) is 18.2 Å². The van der Waals surface area contributed by atoms with Crippen molar-refractivity contribution < 1.29 is 13.6 Å². The number of fused-ring (bicyclic) bond motifs is 2. The normalized spacial score (nSPS) is 29.4. The van der Waals surface area contributed by atoms with Gasteiger partial charge in [-0.25, -0.2) is 8.78 Å². The highest BCUT2D eigenvalue weighted by atomic mass is 35.5. The predicted octanol–water partition coefficient (Wildman–Crippen LogP) is 4.57. The van der Waals surface area contributed by atoms with Crippen LogP contribution in [-0.4, -0.2) is 36.6 Å². The molecule has 146 valence electrons. The molecule has 3 unspecified atom stereocenters. The molecule has 0 aromatic heterocycles. The van der Waals surface area contributed by atoms with Gasteiger partial charge in [0.05, 0.1) is 12.1 Å². The van der Waals surface area contributed by atoms with E-state index in [-0.39, 0.29) is 16.9 Å². The molecule has 1 aromatic carbocycles. The van der Waals surface area contributed by atoms with E-state index in [9.17, 15) is 13.6 Å². The lowest BCUT2D eigenvalue weighted by Crippen LogP contribution is -2.34. The molecule has 3 aliphatic carbocycles. The minimum atomic E-state index is -2.82. The summed E-state index contributed by atoms with van der Waals surface area (Å²) >= 11 is 12.2. The lowest BCUT2D eigenvalue weighted by atomic mass is 9.64. The van der Waals surface area contributed by atoms with E-state index in [0.717, 1.165) is 29.5 Å². The van der Waals surface area contributed by atoms with Crippen LogP contribution in [-0.2, 0) is 10.2 Å². The molecule has 1 aromatic rings. The first-order chi connectivity index (χ1) is 13.4. The highest BCUT2D eigenvalue weighted by Gasteiger charge is 2.75. The molecule has 1 amide bonds. The van der Waals surface area contributed by atoms with Gasteiger partial charge in [0.2, 0.25) is 0 Å². The van der Waals surface area contributed by atoms with Crippen molar-refractivity contribution in [2.75, 3.05) is 18.9 Å². The first kappa shape index (κ1) is 18.1. The van der Waals surface area contributed by atoms with E-state index in [4.69, 9.17) is 23.2 Å². The van der Waals surface area contributed by atoms with Crippen molar-refractivity contribution in [3.8, 4) is 0 Å². The number of amides is 1. The van der Waals surface area contributed by atoms with E-state index >= 15 is 0 Å². The number of benzene rings is 1. The fourth-order valence-electron chi connectivity index (χ4n) is 5.45. The number of carbonyl (C=O) groups excluding carboxylic acids is 1. The van der Waals surface area contributed by atoms with Gasteiger partial charge in [0.15, 0.2) is 0 Å². The topological polar surface area (TPSA) is 44.7 Å². The standard InChI is InChI=1S/C20H17Cl2F2N3O/c1-27-8-7-9(16(26-27)18(23)24)19(28)25-13-4-2-3-10-14(13)11-5-6-12-15(17(21)22)20(10,11)12/h2-4,7,11-12,18H,5-6,8H2,1H3,(H,25,28). The van der Waals surface area contributed by atoms with Crippen LogP contribution in [0.2, 0.25) is 0 Å². The van der Waals surface area contributed by atoms with Gasteiger partial charge in [-0.15, -0.1) is 0 Å². The maximum absolute atomic E-state index is 13.3. The number of likely N-dealkylation sites (N-methyl/N-ethyl adjacent to an activating group) is 1. The summed E-state index contributed by atoms with van der Waals surface area (Å²) in [5, 5.41) is 8.04. The lowest BCUT2D eigenvalue weighted by molar-refractivity contribution is -0.112. The van der Waals surface area contributed by atoms with Gasteiger partial charge in [-0.3, -0.25) is 9.80 Å². The molecule has 5 rings (SSSR count). The number of hydrogen-bond acceptors (Lipinski definition) is 3. The highest BCUT2D eigenvalue weighted by Crippen LogP contribution is 2.82. The Kier molecular flexibility index (Phi) is 3.91. The molecular formula is C20H17Cl2F2N3O. The van der Waals surface area contributed by atoms with Crippen molar-refractivity contribution in [2.45, 2.75) is 30.6 Å². The SMILES string of the molecule is CN1CC=C(C(=O)Nc2cccc3c2C2CCC4C(=C(Cl)Cl)C342)C(C(F)F)=N1. The molecule has 2 saturated carbocycles. The highest BCUT2D eigenvalue weighted by molar-refractivity contribution is 6.56. The molecule has 4 nitrogen and oxygen atoms in total. The van der Waals surface area contributed by atoms with Crippen LogP contribution in [0.4, 0.5) is 14.5 Å². The zero-order chi connectivity index (χ0) is 19.8. The van der Waals surface area contributed by atoms with Crippen LogP contribution in [0.25, 0.3) is 0 Å². The monoisotopic (exact) mass is 423 g/mol. The Morgan fingerprint density at radius 3 is 2.75 bits per heavy atom. The van der Waals surface area contributed by atoms with Gasteiger partial charge in [0.1, 0.15) is 10.2 Å². The predicted molar refractivity (Wildman–Crippen MR) is 105 cm³/mol. The van der Waals surface area contributed by atoms with Crippen LogP contribution >= 0.6 is 23.2 Å². The van der Waals surface area contributed by atoms with E-state index in [1.165, 1.54) is 11.1 Å². The van der Waals surface area contributed by atoms with E-state index in [2.05, 4.69) is 10.4 Å². The summed E-state index contributed by atoms with van der Waals surface area (Å²) < 4.78 is 27.0. The van der Waals surface area contributed by atoms with Crippen molar-refractivity contribution in [1.82, 2.24) is 5.01 Å². The van der Waals surface area contributed by atoms with Crippen molar-refractivity contribution >= 4 is 40.5 Å². The van der Waals surface area contributed by atoms with Crippen LogP contribution in [0.5, 0.6) is 0 Å². The minimum absolute atomic E-state index is 0.0696. The molecule has 8 heteroatoms. The minimum Gasteiger partial charge on any atom is -0.322 e. The van der Waals surface area contributed by atoms with Gasteiger partial charge in [-0.05, 0) is 47.6 Å². The van der Waals surface area contributed by atoms with Crippen molar-refractivity contribution in [1.29, 1.82) is 0 Å². The average molecular weight is 424 g/mol. The summed E-state index contributed by atoms with van der Waals surface area (Å²) in [7, 11) is 1.59. The third-order valence-corrected chi connectivity index (χ3v) is 6.88. The van der Waals surface area contributed by atoms with E-state index < -0.39 is 18.0 Å². The summed E-state index contributed by atoms with van der Waals surface area (Å²) in [6.07, 6.45) is 0.695. The Hall–Kier alpha value is -1.92. The zero-order valence-electron chi connectivity index (χ0n) is 15.0. The van der Waals surface area contributed by atoms with Crippen molar-refractivity contribution in [3.63, 3.8) is 0 Å². The first-order valence-corrected chi connectivity index (χ1v) is 9.91. The van der Waals surface area contributed by atoms with Crippen LogP contribution in [0.3, 0.4) is 0 Å². The van der Waals surface area contributed by atoms with Crippen LogP contribution in [0.15, 0.2) is 45.0 Å². The molecule has 1 heterocycles. The number of nitrogens with one attached hydrogen (secondary N) is 1. The Morgan fingerprint density at radius 2 is 2.07 bits per heavy atom. The largest absolute Gasteiger partial charge is 0.322 e. The number of rotatable bonds is 3. The number of alkyl halides is 2. The number of hydrazone groups is 1. The van der Waals surface area contributed by atoms with Crippen LogP contribution in [0.1, 0.15) is 29.9 Å². The summed E-state index contributed by atoms with van der Waals surface area (Å²) in [5.41, 5.74) is 3.35. The zero-order valence-corrected chi connectivity index (χ0v) is 16.5. The fraction of sp³-hybridized carbons (Fsp3) is 0.400. The summed E-state index contributed by atoms with van der Waals surface area (Å²) in [6.45, 7) is 0.307. The second kappa shape index (κ2) is 6.04. The maximum atomic E-state index is 13.3. The van der Waals surface area contributed by atoms with Gasteiger partial charge in [0.25, 0.3) is 12.3 Å². The van der Waals surface area contributed by atoms with Crippen LogP contribution in [0, 0.1) is 5.92 Å². The fourth-order valence-corrected chi connectivity index (χ4v) is 6.03. The van der Waals surface area contributed by atoms with Gasteiger partial charge in [0, 0.05) is 24.1 Å². The van der Waals surface area contributed by atoms with E-state index in [1.54, 1.807) is 7.05 Å². The second-order valence-corrected chi connectivity index (χ2v) is 8.64. The first-order valence-electron chi connectivity index (χ1n) is 9.16. The molecule has 0 bridgehead atoms. The molecule has 0 saturated heterocycles. The molecule has 1 aliphatic heterocycles. The summed E-state index contributed by atoms with van der Waals surface area (Å²) in [6, 6.07) is 5.74. The van der Waals surface area contributed by atoms with Gasteiger partial charge >= 0.3 is 0 Å². The number of allylic oxidation sites excluding steroid dienone is 1. The summed E-state index contributed by atoms with van der Waals surface area (Å²) in [4.78, 5) is 12.8. The molecule has 1 spiro atoms. The molecule has 4 aliphatic rings. The third kappa shape index (κ3) is 2.22. The van der Waals surface area contributed by atoms with Gasteiger partial charge in [-0.1, -0.05) is 35.3 Å². The second-order valence-electron chi connectivity index (χ2n) is 7.69. The smallest absolute Gasteiger partial charge is 0.282 e. The number of anilines is 1. The molecule has 2 fully saturated rings. The van der Waals surface area contributed by atoms with Crippen LogP contribution < -0.4 is 5.32 Å². The Balaban J connectivity index is 1.46. The molecule has 3 atom stereocenters. The average Bonchev–Trinajstić information content (AvgIpc) is 3.25. The number of halogens is 4. The Morgan fingerprint density at radius 1 is 1.32 bits per heavy atom. The lowest BCUT2D eigenvalue weighted by Gasteiger charge is -2.40. The number of hydrogen-bond donors (Lipinski definition) is 1. The quantitative estimate of drug-likeness (QED) is 0.773. The van der Waals surface area contributed by atoms with Gasteiger partial charge < -0.3 is 5.32 Å². The molecule has 28 heavy (non-hydrogen) atoms. The maximum Gasteiger partial charge on any atom is 0.282 e. The van der Waals surface area contributed by atoms with E-state index in [0.29, 0.717) is 22.6 Å². The number of carbonyl (C=O) groups is 1. The number of nitrogens with zero attached hydrogens (tertiary/aromatic N) is 2. The summed E-state index contributed by atoms with van der Waals surface area (Å²) in [5.74, 6) is 0.0919. The van der Waals surface area contributed by atoms with Crippen molar-refractivity contribution in [3.05, 3.63) is 51.0 Å². The Labute approximate surface area is 170 Å². The van der Waals surface area contributed by atoms with Gasteiger partial charge in [-0.2, -0.15) is 5.10 Å². The molecular weight excluding hydrogens is 407 g/mol. The third-order valence-electron chi connectivity index (χ3n) is 6.47. The molecule has 1 N–H and O–H groups in total. The Bertz CT molecular complexity index is 999.